The first-order valence-corrected chi connectivity index (χ1v) is 6.18. The van der Waals surface area contributed by atoms with E-state index >= 15 is 0 Å². The fourth-order valence-corrected chi connectivity index (χ4v) is 1.66. The number of carbonyl (C=O) groups is 1. The summed E-state index contributed by atoms with van der Waals surface area (Å²) >= 11 is 0. The highest BCUT2D eigenvalue weighted by molar-refractivity contribution is 5.71. The largest absolute Gasteiger partial charge is 0.488 e. The average Bonchev–Trinajstić information content (AvgIpc) is 2.34. The third-order valence-electron chi connectivity index (χ3n) is 2.70. The molecule has 0 saturated heterocycles. The van der Waals surface area contributed by atoms with E-state index in [1.165, 1.54) is 10.8 Å². The summed E-state index contributed by atoms with van der Waals surface area (Å²) in [6.07, 6.45) is 3.68. The van der Waals surface area contributed by atoms with Crippen LogP contribution in [0.5, 0.6) is 5.75 Å². The molecular formula is C13H19NO4. The van der Waals surface area contributed by atoms with Crippen LogP contribution >= 0.6 is 0 Å². The molecule has 0 saturated carbocycles. The van der Waals surface area contributed by atoms with Crippen molar-refractivity contribution in [2.24, 2.45) is 0 Å². The van der Waals surface area contributed by atoms with E-state index < -0.39 is 12.0 Å². The minimum Gasteiger partial charge on any atom is -0.488 e. The topological polar surface area (TPSA) is 68.5 Å². The Balaban J connectivity index is 2.97. The van der Waals surface area contributed by atoms with Crippen LogP contribution in [0.3, 0.4) is 0 Å². The lowest BCUT2D eigenvalue weighted by molar-refractivity contribution is -0.141. The van der Waals surface area contributed by atoms with Gasteiger partial charge in [0.1, 0.15) is 6.04 Å². The average molecular weight is 253 g/mol. The quantitative estimate of drug-likeness (QED) is 0.755. The van der Waals surface area contributed by atoms with Gasteiger partial charge in [0.05, 0.1) is 6.61 Å². The first-order chi connectivity index (χ1) is 8.61. The fraction of sp³-hybridized carbons (Fsp3) is 0.538. The number of carboxylic acid groups (broad SMARTS) is 1. The van der Waals surface area contributed by atoms with Gasteiger partial charge in [0.25, 0.3) is 5.56 Å². The first kappa shape index (κ1) is 14.3. The van der Waals surface area contributed by atoms with Crippen LogP contribution in [-0.4, -0.2) is 22.2 Å². The minimum absolute atomic E-state index is 0.214. The van der Waals surface area contributed by atoms with Crippen LogP contribution in [0.4, 0.5) is 0 Å². The van der Waals surface area contributed by atoms with Crippen LogP contribution in [0.2, 0.25) is 0 Å². The molecule has 0 radical (unpaired) electrons. The SMILES string of the molecule is CCCCOc1cccn(C(CC)C(=O)O)c1=O. The predicted octanol–water partition coefficient (Wildman–Crippen LogP) is 2.06. The number of carboxylic acids is 1. The molecule has 0 spiro atoms. The summed E-state index contributed by atoms with van der Waals surface area (Å²) in [5.41, 5.74) is -0.386. The van der Waals surface area contributed by atoms with Crippen LogP contribution in [0.1, 0.15) is 39.2 Å². The highest BCUT2D eigenvalue weighted by Gasteiger charge is 2.19. The predicted molar refractivity (Wildman–Crippen MR) is 68.1 cm³/mol. The molecule has 1 N–H and O–H groups in total. The van der Waals surface area contributed by atoms with Gasteiger partial charge < -0.3 is 9.84 Å². The Morgan fingerprint density at radius 2 is 2.22 bits per heavy atom. The Kier molecular flexibility index (Phi) is 5.42. The van der Waals surface area contributed by atoms with E-state index in [0.717, 1.165) is 12.8 Å². The van der Waals surface area contributed by atoms with Crippen molar-refractivity contribution in [3.05, 3.63) is 28.7 Å². The third-order valence-corrected chi connectivity index (χ3v) is 2.70. The normalized spacial score (nSPS) is 12.1. The molecule has 0 aromatic carbocycles. The number of nitrogens with zero attached hydrogens (tertiary/aromatic N) is 1. The molecule has 100 valence electrons. The van der Waals surface area contributed by atoms with Gasteiger partial charge in [-0.2, -0.15) is 0 Å². The van der Waals surface area contributed by atoms with Gasteiger partial charge >= 0.3 is 5.97 Å². The summed E-state index contributed by atoms with van der Waals surface area (Å²) < 4.78 is 6.58. The van der Waals surface area contributed by atoms with Crippen LogP contribution < -0.4 is 10.3 Å². The van der Waals surface area contributed by atoms with E-state index in [4.69, 9.17) is 9.84 Å². The van der Waals surface area contributed by atoms with Gasteiger partial charge in [-0.3, -0.25) is 9.36 Å². The van der Waals surface area contributed by atoms with E-state index in [1.807, 2.05) is 6.92 Å². The van der Waals surface area contributed by atoms with Crippen LogP contribution in [-0.2, 0) is 4.79 Å². The monoisotopic (exact) mass is 253 g/mol. The van der Waals surface area contributed by atoms with Crippen molar-refractivity contribution in [3.63, 3.8) is 0 Å². The second-order valence-electron chi connectivity index (χ2n) is 4.05. The Morgan fingerprint density at radius 1 is 1.50 bits per heavy atom. The summed E-state index contributed by atoms with van der Waals surface area (Å²) in [7, 11) is 0. The van der Waals surface area contributed by atoms with Crippen LogP contribution in [0.25, 0.3) is 0 Å². The standard InChI is InChI=1S/C13H19NO4/c1-3-5-9-18-11-7-6-8-14(12(11)15)10(4-2)13(16)17/h6-8,10H,3-5,9H2,1-2H3,(H,16,17). The van der Waals surface area contributed by atoms with Crippen molar-refractivity contribution in [3.8, 4) is 5.75 Å². The molecule has 0 amide bonds. The van der Waals surface area contributed by atoms with Gasteiger partial charge in [0, 0.05) is 6.20 Å². The minimum atomic E-state index is -1.01. The van der Waals surface area contributed by atoms with Crippen molar-refractivity contribution in [2.75, 3.05) is 6.61 Å². The molecule has 0 aliphatic carbocycles. The summed E-state index contributed by atoms with van der Waals surface area (Å²) in [6.45, 7) is 4.24. The number of rotatable bonds is 7. The molecule has 1 aromatic heterocycles. The van der Waals surface area contributed by atoms with E-state index in [1.54, 1.807) is 19.1 Å². The molecule has 1 heterocycles. The highest BCUT2D eigenvalue weighted by atomic mass is 16.5. The molecule has 1 aromatic rings. The highest BCUT2D eigenvalue weighted by Crippen LogP contribution is 2.11. The molecular weight excluding hydrogens is 234 g/mol. The van der Waals surface area contributed by atoms with E-state index in [0.29, 0.717) is 13.0 Å². The van der Waals surface area contributed by atoms with Gasteiger partial charge in [-0.1, -0.05) is 20.3 Å². The fourth-order valence-electron chi connectivity index (χ4n) is 1.66. The summed E-state index contributed by atoms with van der Waals surface area (Å²) in [4.78, 5) is 23.1. The third kappa shape index (κ3) is 3.35. The van der Waals surface area contributed by atoms with Gasteiger partial charge in [-0.15, -0.1) is 0 Å². The van der Waals surface area contributed by atoms with Gasteiger partial charge in [0.2, 0.25) is 0 Å². The molecule has 0 aliphatic heterocycles. The maximum absolute atomic E-state index is 12.0. The van der Waals surface area contributed by atoms with Crippen molar-refractivity contribution < 1.29 is 14.6 Å². The lowest BCUT2D eigenvalue weighted by Crippen LogP contribution is -2.29. The van der Waals surface area contributed by atoms with E-state index in [9.17, 15) is 9.59 Å². The number of aliphatic carboxylic acids is 1. The maximum Gasteiger partial charge on any atom is 0.326 e. The van der Waals surface area contributed by atoms with Crippen LogP contribution in [0, 0.1) is 0 Å². The number of hydrogen-bond donors (Lipinski definition) is 1. The Bertz CT molecular complexity index is 453. The zero-order chi connectivity index (χ0) is 13.5. The number of unbranched alkanes of at least 4 members (excludes halogenated alkanes) is 1. The molecule has 18 heavy (non-hydrogen) atoms. The molecule has 0 bridgehead atoms. The van der Waals surface area contributed by atoms with Gasteiger partial charge in [0.15, 0.2) is 5.75 Å². The number of pyridine rings is 1. The molecule has 0 fully saturated rings. The first-order valence-electron chi connectivity index (χ1n) is 6.18. The molecule has 1 atom stereocenters. The molecule has 5 nitrogen and oxygen atoms in total. The number of ether oxygens (including phenoxy) is 1. The smallest absolute Gasteiger partial charge is 0.326 e. The maximum atomic E-state index is 12.0. The Labute approximate surface area is 106 Å². The van der Waals surface area contributed by atoms with Crippen molar-refractivity contribution >= 4 is 5.97 Å². The molecule has 1 unspecified atom stereocenters. The molecule has 1 rings (SSSR count). The number of hydrogen-bond acceptors (Lipinski definition) is 3. The van der Waals surface area contributed by atoms with E-state index in [2.05, 4.69) is 0 Å². The van der Waals surface area contributed by atoms with Crippen molar-refractivity contribution in [2.45, 2.75) is 39.2 Å². The number of aromatic nitrogens is 1. The summed E-state index contributed by atoms with van der Waals surface area (Å²) in [5, 5.41) is 9.06. The molecule has 5 heteroatoms. The van der Waals surface area contributed by atoms with Crippen molar-refractivity contribution in [1.29, 1.82) is 0 Å². The summed E-state index contributed by atoms with van der Waals surface area (Å²) in [5.74, 6) is -0.795. The summed E-state index contributed by atoms with van der Waals surface area (Å²) in [6, 6.07) is 2.37. The van der Waals surface area contributed by atoms with E-state index in [-0.39, 0.29) is 11.3 Å². The van der Waals surface area contributed by atoms with Crippen molar-refractivity contribution in [1.82, 2.24) is 4.57 Å². The Morgan fingerprint density at radius 3 is 2.78 bits per heavy atom. The second kappa shape index (κ2) is 6.83. The van der Waals surface area contributed by atoms with Crippen LogP contribution in [0.15, 0.2) is 23.1 Å². The zero-order valence-corrected chi connectivity index (χ0v) is 10.8. The second-order valence-corrected chi connectivity index (χ2v) is 4.05. The Hall–Kier alpha value is -1.78. The lowest BCUT2D eigenvalue weighted by Gasteiger charge is -2.14. The van der Waals surface area contributed by atoms with Gasteiger partial charge in [-0.25, -0.2) is 4.79 Å². The van der Waals surface area contributed by atoms with Gasteiger partial charge in [-0.05, 0) is 25.0 Å². The lowest BCUT2D eigenvalue weighted by atomic mass is 10.2. The zero-order valence-electron chi connectivity index (χ0n) is 10.8. The molecule has 0 aliphatic rings.